The van der Waals surface area contributed by atoms with Crippen LogP contribution in [0.3, 0.4) is 0 Å². The zero-order chi connectivity index (χ0) is 22.0. The summed E-state index contributed by atoms with van der Waals surface area (Å²) < 4.78 is 14.8. The van der Waals surface area contributed by atoms with Crippen LogP contribution in [0.2, 0.25) is 0 Å². The van der Waals surface area contributed by atoms with E-state index in [1.807, 2.05) is 30.3 Å². The van der Waals surface area contributed by atoms with Crippen LogP contribution in [0.4, 0.5) is 15.0 Å². The summed E-state index contributed by atoms with van der Waals surface area (Å²) in [7, 11) is 1.58. The Kier molecular flexibility index (Phi) is 5.22. The van der Waals surface area contributed by atoms with E-state index in [0.717, 1.165) is 16.0 Å². The molecule has 4 rings (SSSR count). The first-order chi connectivity index (χ1) is 14.9. The quantitative estimate of drug-likeness (QED) is 0.600. The first-order valence-electron chi connectivity index (χ1n) is 9.64. The molecule has 0 bridgehead atoms. The van der Waals surface area contributed by atoms with Crippen molar-refractivity contribution in [2.75, 3.05) is 11.9 Å². The average molecular weight is 414 g/mol. The standard InChI is InChI=1S/C24H19FN4O2/c1-24(19-9-6-12-26-16-19)14-21(30)29(23(31)28(24)2)22-20(25)13-18(15-27-22)11-10-17-7-4-3-5-8-17/h3-9,12-13,15-16H,14H2,1-2H3. The highest BCUT2D eigenvalue weighted by Gasteiger charge is 2.47. The number of carbonyl (C=O) groups is 2. The lowest BCUT2D eigenvalue weighted by molar-refractivity contribution is -0.122. The molecule has 0 aliphatic carbocycles. The summed E-state index contributed by atoms with van der Waals surface area (Å²) in [4.78, 5) is 36.3. The Morgan fingerprint density at radius 3 is 2.45 bits per heavy atom. The van der Waals surface area contributed by atoms with Crippen LogP contribution >= 0.6 is 0 Å². The van der Waals surface area contributed by atoms with Crippen LogP contribution in [0.25, 0.3) is 0 Å². The summed E-state index contributed by atoms with van der Waals surface area (Å²) in [5.41, 5.74) is 0.954. The molecule has 154 valence electrons. The maximum absolute atomic E-state index is 14.8. The molecule has 1 saturated heterocycles. The van der Waals surface area contributed by atoms with Crippen molar-refractivity contribution in [2.45, 2.75) is 18.9 Å². The van der Waals surface area contributed by atoms with Crippen molar-refractivity contribution in [1.29, 1.82) is 0 Å². The minimum Gasteiger partial charge on any atom is -0.317 e. The smallest absolute Gasteiger partial charge is 0.317 e. The number of anilines is 1. The second kappa shape index (κ2) is 8.00. The third-order valence-electron chi connectivity index (χ3n) is 5.41. The Morgan fingerprint density at radius 2 is 1.77 bits per heavy atom. The molecule has 3 aromatic rings. The van der Waals surface area contributed by atoms with E-state index < -0.39 is 23.3 Å². The topological polar surface area (TPSA) is 66.4 Å². The highest BCUT2D eigenvalue weighted by atomic mass is 19.1. The van der Waals surface area contributed by atoms with Crippen LogP contribution in [-0.2, 0) is 10.3 Å². The summed E-state index contributed by atoms with van der Waals surface area (Å²) in [6.07, 6.45) is 4.56. The lowest BCUT2D eigenvalue weighted by Gasteiger charge is -2.45. The Bertz CT molecular complexity index is 1200. The average Bonchev–Trinajstić information content (AvgIpc) is 2.79. The fourth-order valence-corrected chi connectivity index (χ4v) is 3.48. The molecule has 1 aliphatic heterocycles. The second-order valence-electron chi connectivity index (χ2n) is 7.41. The zero-order valence-corrected chi connectivity index (χ0v) is 17.0. The summed E-state index contributed by atoms with van der Waals surface area (Å²) in [6.45, 7) is 1.78. The Labute approximate surface area is 179 Å². The van der Waals surface area contributed by atoms with Crippen LogP contribution in [-0.4, -0.2) is 33.9 Å². The normalized spacial score (nSPS) is 18.5. The van der Waals surface area contributed by atoms with E-state index in [0.29, 0.717) is 5.56 Å². The van der Waals surface area contributed by atoms with Gasteiger partial charge in [0.1, 0.15) is 0 Å². The van der Waals surface area contributed by atoms with Gasteiger partial charge >= 0.3 is 6.03 Å². The van der Waals surface area contributed by atoms with E-state index in [4.69, 9.17) is 0 Å². The molecule has 31 heavy (non-hydrogen) atoms. The molecule has 1 aliphatic rings. The number of halogens is 1. The van der Waals surface area contributed by atoms with E-state index in [1.54, 1.807) is 38.5 Å². The maximum Gasteiger partial charge on any atom is 0.333 e. The van der Waals surface area contributed by atoms with Gasteiger partial charge in [-0.15, -0.1) is 0 Å². The van der Waals surface area contributed by atoms with Crippen LogP contribution in [0.5, 0.6) is 0 Å². The van der Waals surface area contributed by atoms with E-state index >= 15 is 0 Å². The van der Waals surface area contributed by atoms with E-state index in [-0.39, 0.29) is 12.2 Å². The largest absolute Gasteiger partial charge is 0.333 e. The summed E-state index contributed by atoms with van der Waals surface area (Å²) in [5, 5.41) is 0. The molecule has 1 aromatic carbocycles. The van der Waals surface area contributed by atoms with E-state index in [9.17, 15) is 14.0 Å². The predicted octanol–water partition coefficient (Wildman–Crippen LogP) is 3.72. The van der Waals surface area contributed by atoms with Gasteiger partial charge in [-0.3, -0.25) is 9.78 Å². The number of imide groups is 1. The van der Waals surface area contributed by atoms with Crippen molar-refractivity contribution >= 4 is 17.8 Å². The number of urea groups is 1. The van der Waals surface area contributed by atoms with Gasteiger partial charge in [0.25, 0.3) is 0 Å². The third-order valence-corrected chi connectivity index (χ3v) is 5.41. The minimum atomic E-state index is -0.892. The zero-order valence-electron chi connectivity index (χ0n) is 17.0. The second-order valence-corrected chi connectivity index (χ2v) is 7.41. The van der Waals surface area contributed by atoms with Gasteiger partial charge in [-0.25, -0.2) is 19.1 Å². The van der Waals surface area contributed by atoms with Crippen molar-refractivity contribution in [1.82, 2.24) is 14.9 Å². The van der Waals surface area contributed by atoms with Gasteiger partial charge in [0.15, 0.2) is 11.6 Å². The van der Waals surface area contributed by atoms with Crippen LogP contribution in [0.1, 0.15) is 30.0 Å². The van der Waals surface area contributed by atoms with Crippen molar-refractivity contribution in [2.24, 2.45) is 0 Å². The number of hydrogen-bond donors (Lipinski definition) is 0. The van der Waals surface area contributed by atoms with Gasteiger partial charge in [0, 0.05) is 36.8 Å². The van der Waals surface area contributed by atoms with Gasteiger partial charge in [-0.05, 0) is 36.8 Å². The monoisotopic (exact) mass is 414 g/mol. The molecular formula is C24H19FN4O2. The fourth-order valence-electron chi connectivity index (χ4n) is 3.48. The molecule has 0 saturated carbocycles. The molecule has 3 heterocycles. The number of benzene rings is 1. The Balaban J connectivity index is 1.62. The molecule has 7 heteroatoms. The van der Waals surface area contributed by atoms with Crippen molar-refractivity contribution in [3.05, 3.63) is 89.6 Å². The molecule has 1 unspecified atom stereocenters. The Hall–Kier alpha value is -4.05. The molecule has 6 nitrogen and oxygen atoms in total. The number of amides is 3. The van der Waals surface area contributed by atoms with Gasteiger partial charge in [0.05, 0.1) is 12.0 Å². The molecular weight excluding hydrogens is 395 g/mol. The van der Waals surface area contributed by atoms with Crippen LogP contribution in [0, 0.1) is 17.7 Å². The Morgan fingerprint density at radius 1 is 1.03 bits per heavy atom. The fraction of sp³-hybridized carbons (Fsp3) is 0.167. The van der Waals surface area contributed by atoms with E-state index in [1.165, 1.54) is 17.2 Å². The predicted molar refractivity (Wildman–Crippen MR) is 113 cm³/mol. The van der Waals surface area contributed by atoms with Gasteiger partial charge in [0.2, 0.25) is 5.91 Å². The van der Waals surface area contributed by atoms with Crippen LogP contribution in [0.15, 0.2) is 67.1 Å². The van der Waals surface area contributed by atoms with Crippen molar-refractivity contribution in [3.63, 3.8) is 0 Å². The van der Waals surface area contributed by atoms with Gasteiger partial charge in [-0.2, -0.15) is 0 Å². The van der Waals surface area contributed by atoms with Gasteiger partial charge < -0.3 is 4.90 Å². The third kappa shape index (κ3) is 3.76. The molecule has 0 N–H and O–H groups in total. The first-order valence-corrected chi connectivity index (χ1v) is 9.64. The number of carbonyl (C=O) groups excluding carboxylic acids is 2. The van der Waals surface area contributed by atoms with Crippen molar-refractivity contribution in [3.8, 4) is 11.8 Å². The minimum absolute atomic E-state index is 0.0301. The molecule has 0 radical (unpaired) electrons. The number of nitrogens with zero attached hydrogens (tertiary/aromatic N) is 4. The molecule has 2 aromatic heterocycles. The number of hydrogen-bond acceptors (Lipinski definition) is 4. The lowest BCUT2D eigenvalue weighted by atomic mass is 9.86. The summed E-state index contributed by atoms with van der Waals surface area (Å²) in [5.74, 6) is 4.10. The SMILES string of the molecule is CN1C(=O)N(c2ncc(C#Cc3ccccc3)cc2F)C(=O)CC1(C)c1cccnc1. The lowest BCUT2D eigenvalue weighted by Crippen LogP contribution is -2.60. The number of pyridine rings is 2. The maximum atomic E-state index is 14.8. The summed E-state index contributed by atoms with van der Waals surface area (Å²) in [6, 6.07) is 13.3. The molecule has 1 atom stereocenters. The van der Waals surface area contributed by atoms with Crippen LogP contribution < -0.4 is 4.90 Å². The number of aromatic nitrogens is 2. The summed E-state index contributed by atoms with van der Waals surface area (Å²) >= 11 is 0. The van der Waals surface area contributed by atoms with Crippen molar-refractivity contribution < 1.29 is 14.0 Å². The molecule has 3 amide bonds. The number of rotatable bonds is 2. The first kappa shape index (κ1) is 20.2. The highest BCUT2D eigenvalue weighted by molar-refractivity contribution is 6.15. The van der Waals surface area contributed by atoms with E-state index in [2.05, 4.69) is 21.8 Å². The molecule has 1 fully saturated rings. The molecule has 0 spiro atoms. The highest BCUT2D eigenvalue weighted by Crippen LogP contribution is 2.37. The van der Waals surface area contributed by atoms with Gasteiger partial charge in [-0.1, -0.05) is 36.1 Å².